The molecular formula is C57H111N3O23. The third-order valence-electron chi connectivity index (χ3n) is 10.7. The molecule has 0 rings (SSSR count). The highest BCUT2D eigenvalue weighted by Crippen LogP contribution is 2.11. The van der Waals surface area contributed by atoms with E-state index in [-0.39, 0.29) is 148 Å². The van der Waals surface area contributed by atoms with Gasteiger partial charge in [-0.05, 0) is 53.9 Å². The fourth-order valence-corrected chi connectivity index (χ4v) is 6.42. The molecule has 0 aromatic carbocycles. The summed E-state index contributed by atoms with van der Waals surface area (Å²) in [5.41, 5.74) is -1.36. The Morgan fingerprint density at radius 3 is 0.964 bits per heavy atom. The summed E-state index contributed by atoms with van der Waals surface area (Å²) in [6, 6.07) is 0. The first-order valence-corrected chi connectivity index (χ1v) is 29.8. The van der Waals surface area contributed by atoms with Crippen molar-refractivity contribution in [1.29, 1.82) is 0 Å². The van der Waals surface area contributed by atoms with Crippen LogP contribution >= 0.6 is 0 Å². The van der Waals surface area contributed by atoms with Crippen LogP contribution < -0.4 is 16.0 Å². The van der Waals surface area contributed by atoms with Crippen molar-refractivity contribution in [2.75, 3.05) is 238 Å². The second-order valence-electron chi connectivity index (χ2n) is 19.9. The summed E-state index contributed by atoms with van der Waals surface area (Å²) < 4.78 is 106. The number of carbonyl (C=O) groups is 4. The molecule has 0 aliphatic heterocycles. The molecule has 0 spiro atoms. The molecule has 0 heterocycles. The van der Waals surface area contributed by atoms with Crippen molar-refractivity contribution >= 4 is 23.7 Å². The maximum atomic E-state index is 13.5. The van der Waals surface area contributed by atoms with Crippen molar-refractivity contribution in [3.63, 3.8) is 0 Å². The van der Waals surface area contributed by atoms with Crippen LogP contribution in [0.2, 0.25) is 0 Å². The molecule has 26 nitrogen and oxygen atoms in total. The lowest BCUT2D eigenvalue weighted by molar-refractivity contribution is -0.147. The first-order valence-electron chi connectivity index (χ1n) is 29.8. The fraction of sp³-hybridized carbons (Fsp3) is 0.930. The number of nitrogens with one attached hydrogen (secondary N) is 3. The maximum Gasteiger partial charge on any atom is 0.308 e. The van der Waals surface area contributed by atoms with Crippen molar-refractivity contribution in [3.05, 3.63) is 0 Å². The van der Waals surface area contributed by atoms with Crippen LogP contribution in [0.4, 0.5) is 0 Å². The predicted octanol–water partition coefficient (Wildman–Crippen LogP) is 2.36. The number of amides is 3. The van der Waals surface area contributed by atoms with E-state index >= 15 is 0 Å². The van der Waals surface area contributed by atoms with Gasteiger partial charge in [0.25, 0.3) is 0 Å². The highest BCUT2D eigenvalue weighted by Gasteiger charge is 2.34. The molecule has 0 atom stereocenters. The average Bonchev–Trinajstić information content (AvgIpc) is 3.47. The van der Waals surface area contributed by atoms with Crippen LogP contribution in [0.5, 0.6) is 0 Å². The molecule has 83 heavy (non-hydrogen) atoms. The van der Waals surface area contributed by atoms with Gasteiger partial charge < -0.3 is 106 Å². The third kappa shape index (κ3) is 62.0. The number of carbonyl (C=O) groups excluding carboxylic acids is 4. The largest absolute Gasteiger partial charge is 0.463 e. The molecule has 492 valence electrons. The van der Waals surface area contributed by atoms with Gasteiger partial charge in [-0.3, -0.25) is 19.2 Å². The van der Waals surface area contributed by atoms with E-state index in [1.54, 1.807) is 0 Å². The zero-order valence-corrected chi connectivity index (χ0v) is 52.0. The van der Waals surface area contributed by atoms with E-state index in [4.69, 9.17) is 90.0 Å². The summed E-state index contributed by atoms with van der Waals surface area (Å²) in [5.74, 6) is -1.05. The summed E-state index contributed by atoms with van der Waals surface area (Å²) in [6.45, 7) is 26.1. The maximum absolute atomic E-state index is 13.5. The summed E-state index contributed by atoms with van der Waals surface area (Å²) >= 11 is 0. The molecule has 0 aliphatic carbocycles. The molecule has 0 saturated carbocycles. The quantitative estimate of drug-likeness (QED) is 0.0582. The number of hydrogen-bond acceptors (Lipinski definition) is 23. The Balaban J connectivity index is 5.34. The van der Waals surface area contributed by atoms with E-state index in [1.165, 1.54) is 0 Å². The molecule has 0 aromatic rings. The number of hydrogen-bond donors (Lipinski definition) is 3. The van der Waals surface area contributed by atoms with Crippen LogP contribution in [0, 0.1) is 5.92 Å². The fourth-order valence-electron chi connectivity index (χ4n) is 6.42. The number of esters is 1. The van der Waals surface area contributed by atoms with E-state index in [1.807, 2.05) is 41.5 Å². The van der Waals surface area contributed by atoms with Crippen molar-refractivity contribution in [2.45, 2.75) is 105 Å². The molecule has 0 radical (unpaired) electrons. The van der Waals surface area contributed by atoms with Crippen molar-refractivity contribution in [1.82, 2.24) is 16.0 Å². The zero-order valence-electron chi connectivity index (χ0n) is 52.0. The Hall–Kier alpha value is -2.84. The van der Waals surface area contributed by atoms with Gasteiger partial charge in [0.1, 0.15) is 18.8 Å². The predicted molar refractivity (Wildman–Crippen MR) is 307 cm³/mol. The normalized spacial score (nSPS) is 11.9. The summed E-state index contributed by atoms with van der Waals surface area (Å²) in [7, 11) is 0. The third-order valence-corrected chi connectivity index (χ3v) is 10.7. The average molecular weight is 1210 g/mol. The van der Waals surface area contributed by atoms with Crippen LogP contribution in [0.15, 0.2) is 0 Å². The Kier molecular flexibility index (Phi) is 58.8. The second-order valence-corrected chi connectivity index (χ2v) is 19.9. The Labute approximate surface area is 496 Å². The molecular weight excluding hydrogens is 1090 g/mol. The van der Waals surface area contributed by atoms with Gasteiger partial charge in [0, 0.05) is 32.5 Å². The summed E-state index contributed by atoms with van der Waals surface area (Å²) in [5, 5.41) is 8.54. The lowest BCUT2D eigenvalue weighted by Gasteiger charge is -2.34. The second kappa shape index (κ2) is 60.8. The molecule has 0 aliphatic rings. The van der Waals surface area contributed by atoms with E-state index in [0.29, 0.717) is 145 Å². The molecule has 0 aromatic heterocycles. The van der Waals surface area contributed by atoms with Gasteiger partial charge in [0.15, 0.2) is 0 Å². The van der Waals surface area contributed by atoms with E-state index in [9.17, 15) is 19.2 Å². The van der Waals surface area contributed by atoms with Gasteiger partial charge in [-0.25, -0.2) is 0 Å². The summed E-state index contributed by atoms with van der Waals surface area (Å²) in [6.07, 6.45) is 1.32. The SMILES string of the molecule is CC(C)CCOCCOCCOCC(=O)NC(COCCC(=O)NCCOCCOCCOCCOC(C)C)(COCCC(=O)NCCOCCOCCOCCOC(C)C)COCCC(=O)OCCOCCOCCOCCOC(C)C. The highest BCUT2D eigenvalue weighted by molar-refractivity contribution is 5.78. The molecule has 0 saturated heterocycles. The van der Waals surface area contributed by atoms with Crippen molar-refractivity contribution < 1.29 is 109 Å². The molecule has 0 unspecified atom stereocenters. The lowest BCUT2D eigenvalue weighted by Crippen LogP contribution is -2.59. The minimum atomic E-state index is -1.36. The Morgan fingerprint density at radius 2 is 0.614 bits per heavy atom. The minimum absolute atomic E-state index is 0.00389. The van der Waals surface area contributed by atoms with Crippen LogP contribution in [-0.4, -0.2) is 285 Å². The molecule has 3 N–H and O–H groups in total. The zero-order chi connectivity index (χ0) is 61.0. The van der Waals surface area contributed by atoms with Crippen LogP contribution in [0.1, 0.15) is 81.1 Å². The van der Waals surface area contributed by atoms with E-state index in [2.05, 4.69) is 29.8 Å². The monoisotopic (exact) mass is 1210 g/mol. The lowest BCUT2D eigenvalue weighted by atomic mass is 10.0. The van der Waals surface area contributed by atoms with Gasteiger partial charge in [0.05, 0.1) is 230 Å². The van der Waals surface area contributed by atoms with E-state index in [0.717, 1.165) is 6.42 Å². The number of ether oxygens (including phenoxy) is 19. The highest BCUT2D eigenvalue weighted by atomic mass is 16.6. The molecule has 26 heteroatoms. The van der Waals surface area contributed by atoms with Crippen LogP contribution in [0.25, 0.3) is 0 Å². The molecule has 0 bridgehead atoms. The minimum Gasteiger partial charge on any atom is -0.463 e. The van der Waals surface area contributed by atoms with E-state index < -0.39 is 17.4 Å². The van der Waals surface area contributed by atoms with Gasteiger partial charge >= 0.3 is 5.97 Å². The Bertz CT molecular complexity index is 1320. The smallest absolute Gasteiger partial charge is 0.308 e. The van der Waals surface area contributed by atoms with Gasteiger partial charge in [-0.15, -0.1) is 0 Å². The topological polar surface area (TPSA) is 280 Å². The van der Waals surface area contributed by atoms with Crippen LogP contribution in [-0.2, 0) is 109 Å². The molecule has 0 fully saturated rings. The summed E-state index contributed by atoms with van der Waals surface area (Å²) in [4.78, 5) is 51.7. The van der Waals surface area contributed by atoms with Gasteiger partial charge in [0.2, 0.25) is 17.7 Å². The molecule has 3 amide bonds. The first kappa shape index (κ1) is 80.2. The Morgan fingerprint density at radius 1 is 0.313 bits per heavy atom. The van der Waals surface area contributed by atoms with Gasteiger partial charge in [-0.1, -0.05) is 13.8 Å². The van der Waals surface area contributed by atoms with Crippen LogP contribution in [0.3, 0.4) is 0 Å². The standard InChI is InChI=1S/C57H111N3O23/c1-49(2)9-15-65-21-24-71-35-36-76-45-55(63)60-57(46-77-16-10-53(61)58-13-19-66-22-25-68-27-31-72-37-41-80-50(3)4,47-78-17-11-54(62)59-14-20-67-23-26-69-28-32-73-38-42-81-51(5)6)48-79-18-12-56(64)83-44-40-75-34-30-70-29-33-74-39-43-82-52(7)8/h49-52H,9-48H2,1-8H3,(H,58,61)(H,59,62)(H,60,63). The first-order chi connectivity index (χ1) is 40.2. The van der Waals surface area contributed by atoms with Crippen molar-refractivity contribution in [2.24, 2.45) is 5.92 Å². The van der Waals surface area contributed by atoms with Crippen molar-refractivity contribution in [3.8, 4) is 0 Å². The number of rotatable bonds is 66. The van der Waals surface area contributed by atoms with Gasteiger partial charge in [-0.2, -0.15) is 0 Å².